The number of anilines is 3. The first kappa shape index (κ1) is 15.9. The average Bonchev–Trinajstić information content (AvgIpc) is 2.60. The molecule has 1 aromatic heterocycles. The summed E-state index contributed by atoms with van der Waals surface area (Å²) in [5, 5.41) is 14.5. The van der Waals surface area contributed by atoms with Crippen molar-refractivity contribution in [3.63, 3.8) is 0 Å². The molecular weight excluding hydrogens is 298 g/mol. The summed E-state index contributed by atoms with van der Waals surface area (Å²) in [6.07, 6.45) is 2.57. The van der Waals surface area contributed by atoms with Gasteiger partial charge < -0.3 is 10.6 Å². The van der Waals surface area contributed by atoms with Crippen LogP contribution >= 0.6 is 0 Å². The minimum absolute atomic E-state index is 0.489. The van der Waals surface area contributed by atoms with Crippen LogP contribution in [0.25, 0.3) is 0 Å². The van der Waals surface area contributed by atoms with E-state index in [0.29, 0.717) is 11.8 Å². The fraction of sp³-hybridized carbons (Fsp3) is 0.211. The molecule has 0 amide bonds. The van der Waals surface area contributed by atoms with Crippen molar-refractivity contribution in [1.82, 2.24) is 15.2 Å². The number of benzene rings is 2. The van der Waals surface area contributed by atoms with Crippen molar-refractivity contribution >= 4 is 17.5 Å². The van der Waals surface area contributed by atoms with Gasteiger partial charge in [-0.25, -0.2) is 0 Å². The third-order valence-corrected chi connectivity index (χ3v) is 3.88. The Labute approximate surface area is 142 Å². The molecule has 0 bridgehead atoms. The van der Waals surface area contributed by atoms with Gasteiger partial charge in [-0.3, -0.25) is 0 Å². The minimum Gasteiger partial charge on any atom is -0.368 e. The van der Waals surface area contributed by atoms with Crippen molar-refractivity contribution in [3.8, 4) is 0 Å². The SMILES string of the molecule is Cc1ccc(Nc2nncc(NCCc3ccccc3)n2)cc1C. The number of aryl methyl sites for hydroxylation is 2. The number of nitrogens with one attached hydrogen (secondary N) is 2. The highest BCUT2D eigenvalue weighted by Crippen LogP contribution is 2.17. The summed E-state index contributed by atoms with van der Waals surface area (Å²) >= 11 is 0. The van der Waals surface area contributed by atoms with E-state index in [1.165, 1.54) is 16.7 Å². The first-order valence-corrected chi connectivity index (χ1v) is 8.02. The second kappa shape index (κ2) is 7.55. The number of hydrogen-bond donors (Lipinski definition) is 2. The maximum atomic E-state index is 4.46. The van der Waals surface area contributed by atoms with E-state index in [1.807, 2.05) is 24.3 Å². The van der Waals surface area contributed by atoms with E-state index < -0.39 is 0 Å². The standard InChI is InChI=1S/C19H21N5/c1-14-8-9-17(12-15(14)2)22-19-23-18(13-21-24-19)20-11-10-16-6-4-3-5-7-16/h3-9,12-13H,10-11H2,1-2H3,(H2,20,22,23,24). The molecule has 0 aliphatic heterocycles. The molecule has 2 N–H and O–H groups in total. The third kappa shape index (κ3) is 4.29. The molecule has 3 rings (SSSR count). The van der Waals surface area contributed by atoms with E-state index in [9.17, 15) is 0 Å². The van der Waals surface area contributed by atoms with Crippen LogP contribution < -0.4 is 10.6 Å². The Balaban J connectivity index is 1.60. The molecule has 0 spiro atoms. The second-order valence-corrected chi connectivity index (χ2v) is 5.75. The summed E-state index contributed by atoms with van der Waals surface area (Å²) in [6, 6.07) is 16.5. The van der Waals surface area contributed by atoms with E-state index in [0.717, 1.165) is 18.7 Å². The highest BCUT2D eigenvalue weighted by molar-refractivity contribution is 5.56. The van der Waals surface area contributed by atoms with Crippen molar-refractivity contribution < 1.29 is 0 Å². The van der Waals surface area contributed by atoms with Crippen LogP contribution in [0, 0.1) is 13.8 Å². The second-order valence-electron chi connectivity index (χ2n) is 5.75. The van der Waals surface area contributed by atoms with Crippen LogP contribution in [0.15, 0.2) is 54.7 Å². The number of aromatic nitrogens is 3. The van der Waals surface area contributed by atoms with Gasteiger partial charge in [0.15, 0.2) is 5.82 Å². The molecule has 2 aromatic carbocycles. The first-order valence-electron chi connectivity index (χ1n) is 8.02. The first-order chi connectivity index (χ1) is 11.7. The fourth-order valence-corrected chi connectivity index (χ4v) is 2.37. The van der Waals surface area contributed by atoms with Crippen molar-refractivity contribution in [2.75, 3.05) is 17.2 Å². The Morgan fingerprint density at radius 2 is 1.79 bits per heavy atom. The highest BCUT2D eigenvalue weighted by Gasteiger charge is 2.02. The molecule has 5 nitrogen and oxygen atoms in total. The van der Waals surface area contributed by atoms with Crippen LogP contribution in [0.2, 0.25) is 0 Å². The zero-order valence-electron chi connectivity index (χ0n) is 14.0. The monoisotopic (exact) mass is 319 g/mol. The van der Waals surface area contributed by atoms with Crippen LogP contribution in [0.5, 0.6) is 0 Å². The van der Waals surface area contributed by atoms with E-state index in [-0.39, 0.29) is 0 Å². The Morgan fingerprint density at radius 3 is 2.58 bits per heavy atom. The van der Waals surface area contributed by atoms with Gasteiger partial charge in [0.25, 0.3) is 0 Å². The van der Waals surface area contributed by atoms with Crippen molar-refractivity contribution in [2.45, 2.75) is 20.3 Å². The summed E-state index contributed by atoms with van der Waals surface area (Å²) in [7, 11) is 0. The lowest BCUT2D eigenvalue weighted by molar-refractivity contribution is 0.950. The lowest BCUT2D eigenvalue weighted by atomic mass is 10.1. The fourth-order valence-electron chi connectivity index (χ4n) is 2.37. The maximum Gasteiger partial charge on any atom is 0.249 e. The lowest BCUT2D eigenvalue weighted by Gasteiger charge is -2.09. The molecule has 0 fully saturated rings. The molecular formula is C19H21N5. The Morgan fingerprint density at radius 1 is 0.958 bits per heavy atom. The van der Waals surface area contributed by atoms with Gasteiger partial charge >= 0.3 is 0 Å². The largest absolute Gasteiger partial charge is 0.368 e. The van der Waals surface area contributed by atoms with Crippen molar-refractivity contribution in [3.05, 3.63) is 71.4 Å². The van der Waals surface area contributed by atoms with E-state index in [2.05, 4.69) is 63.9 Å². The predicted octanol–water partition coefficient (Wildman–Crippen LogP) is 3.89. The molecule has 0 aliphatic carbocycles. The van der Waals surface area contributed by atoms with E-state index in [1.54, 1.807) is 6.20 Å². The zero-order valence-corrected chi connectivity index (χ0v) is 14.0. The predicted molar refractivity (Wildman–Crippen MR) is 97.7 cm³/mol. The van der Waals surface area contributed by atoms with E-state index in [4.69, 9.17) is 0 Å². The number of nitrogens with zero attached hydrogens (tertiary/aromatic N) is 3. The summed E-state index contributed by atoms with van der Waals surface area (Å²) in [5.74, 6) is 1.20. The normalized spacial score (nSPS) is 10.4. The molecule has 24 heavy (non-hydrogen) atoms. The quantitative estimate of drug-likeness (QED) is 0.722. The topological polar surface area (TPSA) is 62.7 Å². The molecule has 1 heterocycles. The Kier molecular flexibility index (Phi) is 5.01. The van der Waals surface area contributed by atoms with Crippen molar-refractivity contribution in [1.29, 1.82) is 0 Å². The van der Waals surface area contributed by atoms with E-state index >= 15 is 0 Å². The van der Waals surface area contributed by atoms with Crippen LogP contribution in [0.1, 0.15) is 16.7 Å². The van der Waals surface area contributed by atoms with Crippen LogP contribution in [0.4, 0.5) is 17.5 Å². The van der Waals surface area contributed by atoms with Crippen LogP contribution in [-0.4, -0.2) is 21.7 Å². The summed E-state index contributed by atoms with van der Waals surface area (Å²) < 4.78 is 0. The molecule has 5 heteroatoms. The molecule has 0 radical (unpaired) electrons. The zero-order chi connectivity index (χ0) is 16.8. The molecule has 3 aromatic rings. The van der Waals surface area contributed by atoms with Gasteiger partial charge in [0.05, 0.1) is 6.20 Å². The Bertz CT molecular complexity index is 802. The summed E-state index contributed by atoms with van der Waals surface area (Å²) in [6.45, 7) is 4.97. The van der Waals surface area contributed by atoms with Crippen LogP contribution in [-0.2, 0) is 6.42 Å². The molecule has 0 saturated heterocycles. The van der Waals surface area contributed by atoms with Gasteiger partial charge in [-0.15, -0.1) is 5.10 Å². The maximum absolute atomic E-state index is 4.46. The van der Waals surface area contributed by atoms with Gasteiger partial charge in [-0.2, -0.15) is 10.1 Å². The lowest BCUT2D eigenvalue weighted by Crippen LogP contribution is -2.08. The van der Waals surface area contributed by atoms with Crippen molar-refractivity contribution in [2.24, 2.45) is 0 Å². The molecule has 0 atom stereocenters. The average molecular weight is 319 g/mol. The third-order valence-electron chi connectivity index (χ3n) is 3.88. The molecule has 0 aliphatic rings. The van der Waals surface area contributed by atoms with Crippen LogP contribution in [0.3, 0.4) is 0 Å². The highest BCUT2D eigenvalue weighted by atomic mass is 15.3. The smallest absolute Gasteiger partial charge is 0.249 e. The van der Waals surface area contributed by atoms with Gasteiger partial charge in [0.2, 0.25) is 5.95 Å². The summed E-state index contributed by atoms with van der Waals surface area (Å²) in [5.41, 5.74) is 4.74. The number of hydrogen-bond acceptors (Lipinski definition) is 5. The van der Waals surface area contributed by atoms with Gasteiger partial charge in [0, 0.05) is 12.2 Å². The van der Waals surface area contributed by atoms with Gasteiger partial charge in [0.1, 0.15) is 0 Å². The van der Waals surface area contributed by atoms with Gasteiger partial charge in [-0.05, 0) is 49.1 Å². The molecule has 0 saturated carbocycles. The Hall–Kier alpha value is -2.95. The van der Waals surface area contributed by atoms with Gasteiger partial charge in [-0.1, -0.05) is 36.4 Å². The summed E-state index contributed by atoms with van der Waals surface area (Å²) in [4.78, 5) is 4.46. The molecule has 0 unspecified atom stereocenters. The molecule has 122 valence electrons. The number of rotatable bonds is 6. The minimum atomic E-state index is 0.489.